The maximum atomic E-state index is 11.7. The number of benzene rings is 1. The second-order valence-corrected chi connectivity index (χ2v) is 4.74. The van der Waals surface area contributed by atoms with Crippen LogP contribution in [0.15, 0.2) is 36.7 Å². The molecule has 100 valence electrons. The summed E-state index contributed by atoms with van der Waals surface area (Å²) >= 11 is 5.90. The highest BCUT2D eigenvalue weighted by atomic mass is 35.5. The van der Waals surface area contributed by atoms with Crippen LogP contribution in [0.3, 0.4) is 0 Å². The van der Waals surface area contributed by atoms with Crippen molar-refractivity contribution in [1.29, 1.82) is 0 Å². The van der Waals surface area contributed by atoms with Gasteiger partial charge in [-0.15, -0.1) is 0 Å². The van der Waals surface area contributed by atoms with Gasteiger partial charge in [-0.3, -0.25) is 4.79 Å². The van der Waals surface area contributed by atoms with Gasteiger partial charge >= 0.3 is 0 Å². The molecule has 0 radical (unpaired) electrons. The minimum absolute atomic E-state index is 0.0112. The van der Waals surface area contributed by atoms with Crippen molar-refractivity contribution in [3.05, 3.63) is 53.1 Å². The van der Waals surface area contributed by atoms with Gasteiger partial charge < -0.3 is 9.88 Å². The van der Waals surface area contributed by atoms with Gasteiger partial charge in [0, 0.05) is 30.9 Å². The highest BCUT2D eigenvalue weighted by molar-refractivity contribution is 6.30. The van der Waals surface area contributed by atoms with Gasteiger partial charge in [-0.05, 0) is 17.7 Å². The van der Waals surface area contributed by atoms with E-state index in [1.165, 1.54) is 0 Å². The van der Waals surface area contributed by atoms with Crippen molar-refractivity contribution in [1.82, 2.24) is 14.9 Å². The summed E-state index contributed by atoms with van der Waals surface area (Å²) in [6, 6.07) is 7.16. The number of carbonyl (C=O) groups is 1. The van der Waals surface area contributed by atoms with E-state index in [0.29, 0.717) is 11.4 Å². The quantitative estimate of drug-likeness (QED) is 0.934. The topological polar surface area (TPSA) is 46.9 Å². The number of imidazole rings is 1. The molecular weight excluding hydrogens is 262 g/mol. The van der Waals surface area contributed by atoms with Crippen LogP contribution in [0.4, 0.5) is 0 Å². The molecule has 0 fully saturated rings. The molecule has 0 aliphatic heterocycles. The summed E-state index contributed by atoms with van der Waals surface area (Å²) in [6.07, 6.45) is 4.02. The molecule has 0 aliphatic rings. The van der Waals surface area contributed by atoms with Crippen LogP contribution in [0.1, 0.15) is 30.8 Å². The fourth-order valence-electron chi connectivity index (χ4n) is 1.87. The maximum Gasteiger partial charge on any atom is 0.220 e. The van der Waals surface area contributed by atoms with E-state index in [4.69, 9.17) is 11.6 Å². The number of aryl methyl sites for hydroxylation is 1. The average Bonchev–Trinajstić information content (AvgIpc) is 2.83. The largest absolute Gasteiger partial charge is 0.342 e. The molecule has 19 heavy (non-hydrogen) atoms. The van der Waals surface area contributed by atoms with E-state index in [9.17, 15) is 4.79 Å². The number of nitrogens with zero attached hydrogens (tertiary/aromatic N) is 2. The number of aromatic nitrogens is 2. The number of hydrogen-bond acceptors (Lipinski definition) is 2. The van der Waals surface area contributed by atoms with Crippen molar-refractivity contribution in [2.45, 2.75) is 19.4 Å². The summed E-state index contributed by atoms with van der Waals surface area (Å²) in [7, 11) is 1.91. The fourth-order valence-corrected chi connectivity index (χ4v) is 2.00. The first-order chi connectivity index (χ1) is 9.11. The molecule has 2 aromatic rings. The van der Waals surface area contributed by atoms with Crippen molar-refractivity contribution in [3.8, 4) is 0 Å². The Balaban J connectivity index is 2.37. The Bertz CT molecular complexity index is 562. The van der Waals surface area contributed by atoms with Gasteiger partial charge in [0.25, 0.3) is 0 Å². The fraction of sp³-hybridized carbons (Fsp3) is 0.286. The highest BCUT2D eigenvalue weighted by Crippen LogP contribution is 2.22. The molecule has 0 bridgehead atoms. The van der Waals surface area contributed by atoms with Gasteiger partial charge in [0.1, 0.15) is 11.9 Å². The third-order valence-corrected chi connectivity index (χ3v) is 3.20. The van der Waals surface area contributed by atoms with Crippen LogP contribution in [0, 0.1) is 0 Å². The zero-order valence-corrected chi connectivity index (χ0v) is 11.7. The van der Waals surface area contributed by atoms with Gasteiger partial charge in [0.2, 0.25) is 5.91 Å². The first-order valence-electron chi connectivity index (χ1n) is 6.14. The molecule has 0 aliphatic carbocycles. The Morgan fingerprint density at radius 2 is 2.11 bits per heavy atom. The lowest BCUT2D eigenvalue weighted by Crippen LogP contribution is -2.30. The third kappa shape index (κ3) is 3.15. The smallest absolute Gasteiger partial charge is 0.220 e. The summed E-state index contributed by atoms with van der Waals surface area (Å²) < 4.78 is 1.90. The summed E-state index contributed by atoms with van der Waals surface area (Å²) in [5.74, 6) is 0.784. The maximum absolute atomic E-state index is 11.7. The molecule has 2 rings (SSSR count). The van der Waals surface area contributed by atoms with Crippen LogP contribution in [0.5, 0.6) is 0 Å². The number of rotatable bonds is 4. The van der Waals surface area contributed by atoms with Crippen LogP contribution >= 0.6 is 11.6 Å². The van der Waals surface area contributed by atoms with E-state index in [2.05, 4.69) is 10.3 Å². The molecule has 1 aromatic heterocycles. The van der Waals surface area contributed by atoms with E-state index in [-0.39, 0.29) is 11.9 Å². The van der Waals surface area contributed by atoms with Crippen LogP contribution in [-0.4, -0.2) is 15.5 Å². The van der Waals surface area contributed by atoms with Crippen molar-refractivity contribution in [2.24, 2.45) is 7.05 Å². The number of nitrogens with one attached hydrogen (secondary N) is 1. The Labute approximate surface area is 117 Å². The van der Waals surface area contributed by atoms with Crippen LogP contribution < -0.4 is 5.32 Å². The van der Waals surface area contributed by atoms with Crippen LogP contribution in [0.2, 0.25) is 5.02 Å². The van der Waals surface area contributed by atoms with Crippen molar-refractivity contribution < 1.29 is 4.79 Å². The molecule has 0 spiro atoms. The minimum Gasteiger partial charge on any atom is -0.342 e. The molecule has 1 amide bonds. The summed E-state index contributed by atoms with van der Waals surface area (Å²) in [4.78, 5) is 16.0. The molecule has 4 nitrogen and oxygen atoms in total. The summed E-state index contributed by atoms with van der Waals surface area (Å²) in [6.45, 7) is 1.83. The zero-order chi connectivity index (χ0) is 13.8. The first-order valence-corrected chi connectivity index (χ1v) is 6.51. The lowest BCUT2D eigenvalue weighted by atomic mass is 10.1. The molecule has 1 atom stereocenters. The van der Waals surface area contributed by atoms with Gasteiger partial charge in [0.05, 0.1) is 0 Å². The van der Waals surface area contributed by atoms with Crippen molar-refractivity contribution in [3.63, 3.8) is 0 Å². The SMILES string of the molecule is CCC(=O)N[C@H](c1ccc(Cl)cc1)c1nccn1C. The predicted octanol–water partition coefficient (Wildman–Crippen LogP) is 2.69. The number of hydrogen-bond donors (Lipinski definition) is 1. The summed E-state index contributed by atoms with van der Waals surface area (Å²) in [5.41, 5.74) is 0.959. The van der Waals surface area contributed by atoms with E-state index in [1.54, 1.807) is 6.20 Å². The number of amides is 1. The first kappa shape index (κ1) is 13.6. The summed E-state index contributed by atoms with van der Waals surface area (Å²) in [5, 5.41) is 3.65. The van der Waals surface area contributed by atoms with Gasteiger partial charge in [-0.2, -0.15) is 0 Å². The standard InChI is InChI=1S/C14H16ClN3O/c1-3-12(19)17-13(14-16-8-9-18(14)2)10-4-6-11(15)7-5-10/h4-9,13H,3H2,1-2H3,(H,17,19)/t13-/m1/s1. The minimum atomic E-state index is -0.260. The molecule has 1 heterocycles. The van der Waals surface area contributed by atoms with E-state index in [1.807, 2.05) is 49.0 Å². The number of halogens is 1. The Hall–Kier alpha value is -1.81. The van der Waals surface area contributed by atoms with Crippen molar-refractivity contribution >= 4 is 17.5 Å². The Morgan fingerprint density at radius 3 is 2.63 bits per heavy atom. The lowest BCUT2D eigenvalue weighted by Gasteiger charge is -2.18. The van der Waals surface area contributed by atoms with E-state index >= 15 is 0 Å². The second kappa shape index (κ2) is 5.89. The predicted molar refractivity (Wildman–Crippen MR) is 74.9 cm³/mol. The molecule has 1 N–H and O–H groups in total. The van der Waals surface area contributed by atoms with Gasteiger partial charge in [-0.25, -0.2) is 4.98 Å². The van der Waals surface area contributed by atoms with Crippen LogP contribution in [0.25, 0.3) is 0 Å². The van der Waals surface area contributed by atoms with Crippen molar-refractivity contribution in [2.75, 3.05) is 0 Å². The molecule has 0 unspecified atom stereocenters. The average molecular weight is 278 g/mol. The zero-order valence-electron chi connectivity index (χ0n) is 10.9. The lowest BCUT2D eigenvalue weighted by molar-refractivity contribution is -0.121. The second-order valence-electron chi connectivity index (χ2n) is 4.30. The molecule has 1 aromatic carbocycles. The molecule has 5 heteroatoms. The van der Waals surface area contributed by atoms with Gasteiger partial charge in [0.15, 0.2) is 0 Å². The molecular formula is C14H16ClN3O. The van der Waals surface area contributed by atoms with E-state index < -0.39 is 0 Å². The number of carbonyl (C=O) groups excluding carboxylic acids is 1. The Morgan fingerprint density at radius 1 is 1.42 bits per heavy atom. The Kier molecular flexibility index (Phi) is 4.22. The molecule has 0 saturated carbocycles. The van der Waals surface area contributed by atoms with Gasteiger partial charge in [-0.1, -0.05) is 30.7 Å². The van der Waals surface area contributed by atoms with E-state index in [0.717, 1.165) is 11.4 Å². The highest BCUT2D eigenvalue weighted by Gasteiger charge is 2.19. The third-order valence-electron chi connectivity index (χ3n) is 2.95. The monoisotopic (exact) mass is 277 g/mol. The normalized spacial score (nSPS) is 12.2. The molecule has 0 saturated heterocycles. The van der Waals surface area contributed by atoms with Crippen LogP contribution in [-0.2, 0) is 11.8 Å².